The number of piperidine rings is 1. The highest BCUT2D eigenvalue weighted by atomic mass is 35.5. The lowest BCUT2D eigenvalue weighted by molar-refractivity contribution is -0.111. The molecular formula is C35H43ClN8O3. The van der Waals surface area contributed by atoms with Gasteiger partial charge < -0.3 is 20.3 Å². The van der Waals surface area contributed by atoms with E-state index < -0.39 is 0 Å². The normalized spacial score (nSPS) is 21.1. The van der Waals surface area contributed by atoms with Gasteiger partial charge in [-0.3, -0.25) is 19.4 Å². The molecule has 1 atom stereocenters. The fraction of sp³-hybridized carbons (Fsp3) is 0.457. The molecule has 11 nitrogen and oxygen atoms in total. The number of aromatic nitrogens is 2. The first-order valence-corrected chi connectivity index (χ1v) is 17.0. The number of methoxy groups -OCH3 is 1. The van der Waals surface area contributed by atoms with Crippen molar-refractivity contribution in [1.82, 2.24) is 19.8 Å². The van der Waals surface area contributed by atoms with Crippen molar-refractivity contribution in [3.8, 4) is 5.75 Å². The van der Waals surface area contributed by atoms with E-state index in [1.807, 2.05) is 47.5 Å². The molecular weight excluding hydrogens is 616 g/mol. The molecule has 2 aromatic carbocycles. The number of nitrogens with one attached hydrogen (secondary N) is 2. The van der Waals surface area contributed by atoms with Gasteiger partial charge in [-0.25, -0.2) is 15.0 Å². The van der Waals surface area contributed by atoms with Crippen LogP contribution in [-0.4, -0.2) is 90.7 Å². The van der Waals surface area contributed by atoms with Crippen LogP contribution in [0.25, 0.3) is 0 Å². The Kier molecular flexibility index (Phi) is 9.48. The van der Waals surface area contributed by atoms with Gasteiger partial charge in [0.1, 0.15) is 17.9 Å². The van der Waals surface area contributed by atoms with Gasteiger partial charge in [0.05, 0.1) is 36.8 Å². The van der Waals surface area contributed by atoms with Crippen LogP contribution in [0.15, 0.2) is 61.4 Å². The molecule has 0 unspecified atom stereocenters. The van der Waals surface area contributed by atoms with E-state index in [1.165, 1.54) is 38.3 Å². The number of carbonyl (C=O) groups excluding carboxylic acids is 1. The molecule has 4 heterocycles. The maximum absolute atomic E-state index is 12.6. The first-order valence-electron chi connectivity index (χ1n) is 16.6. The van der Waals surface area contributed by atoms with Gasteiger partial charge in [0, 0.05) is 74.9 Å². The lowest BCUT2D eigenvalue weighted by atomic mass is 10.0. The van der Waals surface area contributed by atoms with Crippen molar-refractivity contribution in [2.45, 2.75) is 50.2 Å². The van der Waals surface area contributed by atoms with Crippen LogP contribution in [0.5, 0.6) is 5.75 Å². The monoisotopic (exact) mass is 658 g/mol. The van der Waals surface area contributed by atoms with E-state index >= 15 is 0 Å². The number of benzene rings is 2. The Morgan fingerprint density at radius 2 is 1.70 bits per heavy atom. The molecule has 4 fully saturated rings. The van der Waals surface area contributed by atoms with Crippen LogP contribution >= 0.6 is 11.6 Å². The van der Waals surface area contributed by atoms with Crippen LogP contribution in [0.4, 0.5) is 28.7 Å². The second-order valence-corrected chi connectivity index (χ2v) is 13.1. The molecule has 4 aliphatic rings. The van der Waals surface area contributed by atoms with E-state index in [1.54, 1.807) is 7.11 Å². The van der Waals surface area contributed by atoms with E-state index in [0.717, 1.165) is 62.7 Å². The van der Waals surface area contributed by atoms with Gasteiger partial charge in [-0.15, -0.1) is 0 Å². The zero-order valence-corrected chi connectivity index (χ0v) is 27.7. The fourth-order valence-corrected chi connectivity index (χ4v) is 7.34. The minimum absolute atomic E-state index is 0.0255. The predicted octanol–water partition coefficient (Wildman–Crippen LogP) is 5.64. The molecule has 3 aromatic rings. The Balaban J connectivity index is 1.08. The second kappa shape index (κ2) is 14.1. The van der Waals surface area contributed by atoms with Crippen molar-refractivity contribution in [3.05, 3.63) is 72.0 Å². The number of halogens is 1. The van der Waals surface area contributed by atoms with Crippen molar-refractivity contribution >= 4 is 46.2 Å². The molecule has 3 aliphatic heterocycles. The maximum atomic E-state index is 12.6. The summed E-state index contributed by atoms with van der Waals surface area (Å²) in [6.45, 7) is 10.7. The molecule has 7 rings (SSSR count). The summed E-state index contributed by atoms with van der Waals surface area (Å²) in [5, 5.41) is 8.92. The average Bonchev–Trinajstić information content (AvgIpc) is 3.84. The molecule has 47 heavy (non-hydrogen) atoms. The van der Waals surface area contributed by atoms with Gasteiger partial charge in [-0.1, -0.05) is 30.3 Å². The maximum Gasteiger partial charge on any atom is 0.247 e. The number of hydrogen-bond donors (Lipinski definition) is 2. The highest BCUT2D eigenvalue weighted by Crippen LogP contribution is 2.41. The Hall–Kier alpha value is -3.90. The van der Waals surface area contributed by atoms with Crippen molar-refractivity contribution in [2.75, 3.05) is 73.6 Å². The van der Waals surface area contributed by atoms with E-state index in [9.17, 15) is 4.79 Å². The quantitative estimate of drug-likeness (QED) is 0.267. The number of piperazine rings is 1. The van der Waals surface area contributed by atoms with Crippen LogP contribution in [0, 0.1) is 0 Å². The highest BCUT2D eigenvalue weighted by Gasteiger charge is 2.34. The third kappa shape index (κ3) is 7.18. The Bertz CT molecular complexity index is 1590. The van der Waals surface area contributed by atoms with E-state index in [0.29, 0.717) is 46.4 Å². The number of hydroxylamine groups is 1. The summed E-state index contributed by atoms with van der Waals surface area (Å²) < 4.78 is 5.88. The zero-order valence-electron chi connectivity index (χ0n) is 26.9. The molecule has 12 heteroatoms. The molecule has 248 valence electrons. The fourth-order valence-electron chi connectivity index (χ4n) is 7.15. The van der Waals surface area contributed by atoms with Gasteiger partial charge in [-0.05, 0) is 55.5 Å². The largest absolute Gasteiger partial charge is 0.494 e. The van der Waals surface area contributed by atoms with Crippen molar-refractivity contribution in [3.63, 3.8) is 0 Å². The molecule has 0 bridgehead atoms. The summed E-state index contributed by atoms with van der Waals surface area (Å²) in [6, 6.07) is 15.0. The summed E-state index contributed by atoms with van der Waals surface area (Å²) in [4.78, 5) is 35.3. The molecule has 2 N–H and O–H groups in total. The van der Waals surface area contributed by atoms with Crippen molar-refractivity contribution in [2.24, 2.45) is 0 Å². The van der Waals surface area contributed by atoms with Crippen molar-refractivity contribution < 1.29 is 14.4 Å². The third-order valence-electron chi connectivity index (χ3n) is 9.77. The summed E-state index contributed by atoms with van der Waals surface area (Å²) in [5.74, 6) is 1.56. The molecule has 1 amide bonds. The number of anilines is 5. The standard InChI is InChI=1S/C35H43ClN8O3/c1-3-35(45)40-28-20-29(39-33-22-34(38-23-37-33)44-30(11-18-47-44)24-5-4-6-25(36)19-24)32(46-2)21-31(28)43-12-9-27(10-13-43)42-16-14-41(15-17-42)26-7-8-26/h3-6,19-23,26-27,30H,1,7-18H2,2H3,(H,40,45)(H,37,38,39)/t30-/m1/s1. The average molecular weight is 659 g/mol. The Labute approximate surface area is 281 Å². The zero-order chi connectivity index (χ0) is 32.3. The SMILES string of the molecule is C=CC(=O)Nc1cc(Nc2cc(N3OCC[C@@H]3c3cccc(Cl)c3)ncn2)c(OC)cc1N1CCC(N2CCN(C3CC3)CC2)CC1. The van der Waals surface area contributed by atoms with Gasteiger partial charge in [0.25, 0.3) is 0 Å². The number of ether oxygens (including phenoxy) is 1. The van der Waals surface area contributed by atoms with Crippen LogP contribution in [-0.2, 0) is 9.63 Å². The molecule has 1 aliphatic carbocycles. The smallest absolute Gasteiger partial charge is 0.247 e. The van der Waals surface area contributed by atoms with E-state index in [2.05, 4.69) is 41.9 Å². The molecule has 0 radical (unpaired) electrons. The number of rotatable bonds is 10. The Morgan fingerprint density at radius 3 is 2.38 bits per heavy atom. The van der Waals surface area contributed by atoms with E-state index in [-0.39, 0.29) is 11.9 Å². The van der Waals surface area contributed by atoms with Gasteiger partial charge in [0.2, 0.25) is 5.91 Å². The lowest BCUT2D eigenvalue weighted by Gasteiger charge is -2.43. The van der Waals surface area contributed by atoms with Gasteiger partial charge >= 0.3 is 0 Å². The third-order valence-corrected chi connectivity index (χ3v) is 10.0. The predicted molar refractivity (Wildman–Crippen MR) is 186 cm³/mol. The summed E-state index contributed by atoms with van der Waals surface area (Å²) in [6.07, 6.45) is 8.52. The van der Waals surface area contributed by atoms with Crippen LogP contribution in [0.1, 0.15) is 43.7 Å². The number of amides is 1. The summed E-state index contributed by atoms with van der Waals surface area (Å²) in [7, 11) is 1.65. The minimum atomic E-state index is -0.270. The molecule has 3 saturated heterocycles. The topological polar surface area (TPSA) is 98.3 Å². The molecule has 1 saturated carbocycles. The minimum Gasteiger partial charge on any atom is -0.494 e. The van der Waals surface area contributed by atoms with Crippen LogP contribution in [0.2, 0.25) is 5.02 Å². The lowest BCUT2D eigenvalue weighted by Crippen LogP contribution is -2.53. The highest BCUT2D eigenvalue weighted by molar-refractivity contribution is 6.30. The van der Waals surface area contributed by atoms with Gasteiger partial charge in [0.15, 0.2) is 5.82 Å². The number of hydrogen-bond acceptors (Lipinski definition) is 10. The summed E-state index contributed by atoms with van der Waals surface area (Å²) >= 11 is 6.28. The Morgan fingerprint density at radius 1 is 0.957 bits per heavy atom. The van der Waals surface area contributed by atoms with Gasteiger partial charge in [-0.2, -0.15) is 0 Å². The first-order chi connectivity index (χ1) is 23.0. The van der Waals surface area contributed by atoms with Crippen LogP contribution in [0.3, 0.4) is 0 Å². The van der Waals surface area contributed by atoms with Crippen molar-refractivity contribution in [1.29, 1.82) is 0 Å². The number of carbonyl (C=O) groups is 1. The number of nitrogens with zero attached hydrogens (tertiary/aromatic N) is 6. The van der Waals surface area contributed by atoms with E-state index in [4.69, 9.17) is 21.2 Å². The summed E-state index contributed by atoms with van der Waals surface area (Å²) in [5.41, 5.74) is 3.34. The first kappa shape index (κ1) is 31.7. The second-order valence-electron chi connectivity index (χ2n) is 12.7. The molecule has 1 aromatic heterocycles. The molecule has 0 spiro atoms. The van der Waals surface area contributed by atoms with Crippen LogP contribution < -0.4 is 25.3 Å².